The van der Waals surface area contributed by atoms with Crippen molar-refractivity contribution in [1.82, 2.24) is 4.98 Å². The zero-order valence-corrected chi connectivity index (χ0v) is 13.1. The number of amides is 1. The molecular weight excluding hydrogens is 288 g/mol. The number of methoxy groups -OCH3 is 2. The van der Waals surface area contributed by atoms with Crippen LogP contribution in [0.4, 0.5) is 5.13 Å². The number of carbonyl (C=O) groups is 1. The van der Waals surface area contributed by atoms with Crippen LogP contribution < -0.4 is 14.8 Å². The minimum absolute atomic E-state index is 0.0332. The van der Waals surface area contributed by atoms with Gasteiger partial charge < -0.3 is 14.8 Å². The average Bonchev–Trinajstić information content (AvgIpc) is 2.99. The van der Waals surface area contributed by atoms with Gasteiger partial charge in [-0.1, -0.05) is 13.0 Å². The molecule has 1 N–H and O–H groups in total. The Morgan fingerprint density at radius 2 is 2.19 bits per heavy atom. The van der Waals surface area contributed by atoms with E-state index < -0.39 is 0 Å². The van der Waals surface area contributed by atoms with Crippen LogP contribution in [-0.2, 0) is 4.79 Å². The molecule has 112 valence electrons. The number of benzene rings is 1. The fraction of sp³-hybridized carbons (Fsp3) is 0.333. The Labute approximate surface area is 127 Å². The first-order chi connectivity index (χ1) is 10.1. The van der Waals surface area contributed by atoms with E-state index in [9.17, 15) is 4.79 Å². The van der Waals surface area contributed by atoms with Crippen LogP contribution in [0.15, 0.2) is 29.8 Å². The smallest absolute Gasteiger partial charge is 0.226 e. The van der Waals surface area contributed by atoms with Crippen molar-refractivity contribution in [1.29, 1.82) is 0 Å². The van der Waals surface area contributed by atoms with Crippen molar-refractivity contribution in [2.24, 2.45) is 0 Å². The number of nitrogens with zero attached hydrogens (tertiary/aromatic N) is 1. The third-order valence-corrected chi connectivity index (χ3v) is 3.83. The number of hydrogen-bond donors (Lipinski definition) is 1. The van der Waals surface area contributed by atoms with Gasteiger partial charge in [-0.05, 0) is 17.5 Å². The van der Waals surface area contributed by atoms with Crippen molar-refractivity contribution in [3.63, 3.8) is 0 Å². The van der Waals surface area contributed by atoms with Crippen molar-refractivity contribution >= 4 is 22.4 Å². The molecule has 0 spiro atoms. The van der Waals surface area contributed by atoms with Gasteiger partial charge in [0.05, 0.1) is 14.2 Å². The molecule has 0 aliphatic carbocycles. The molecule has 0 aliphatic heterocycles. The van der Waals surface area contributed by atoms with E-state index in [1.54, 1.807) is 20.4 Å². The SMILES string of the molecule is COc1ccc(C(C)CC(=O)Nc2nccs2)c(OC)c1. The lowest BCUT2D eigenvalue weighted by Gasteiger charge is -2.16. The topological polar surface area (TPSA) is 60.5 Å². The molecule has 1 aromatic carbocycles. The fourth-order valence-electron chi connectivity index (χ4n) is 2.07. The molecule has 0 saturated carbocycles. The van der Waals surface area contributed by atoms with E-state index >= 15 is 0 Å². The maximum absolute atomic E-state index is 12.0. The quantitative estimate of drug-likeness (QED) is 0.889. The highest BCUT2D eigenvalue weighted by atomic mass is 32.1. The Balaban J connectivity index is 2.05. The van der Waals surface area contributed by atoms with Crippen molar-refractivity contribution < 1.29 is 14.3 Å². The maximum Gasteiger partial charge on any atom is 0.226 e. The van der Waals surface area contributed by atoms with Crippen LogP contribution in [0, 0.1) is 0 Å². The molecule has 2 aromatic rings. The van der Waals surface area contributed by atoms with E-state index in [1.165, 1.54) is 11.3 Å². The molecule has 0 bridgehead atoms. The molecule has 1 unspecified atom stereocenters. The summed E-state index contributed by atoms with van der Waals surface area (Å²) in [5, 5.41) is 5.23. The van der Waals surface area contributed by atoms with Gasteiger partial charge >= 0.3 is 0 Å². The van der Waals surface area contributed by atoms with E-state index in [1.807, 2.05) is 30.5 Å². The third kappa shape index (κ3) is 3.95. The number of ether oxygens (including phenoxy) is 2. The Morgan fingerprint density at radius 1 is 1.38 bits per heavy atom. The summed E-state index contributed by atoms with van der Waals surface area (Å²) in [7, 11) is 3.22. The van der Waals surface area contributed by atoms with Gasteiger partial charge in [0.15, 0.2) is 5.13 Å². The first-order valence-electron chi connectivity index (χ1n) is 6.55. The van der Waals surface area contributed by atoms with Gasteiger partial charge in [-0.3, -0.25) is 4.79 Å². The van der Waals surface area contributed by atoms with Gasteiger partial charge in [-0.2, -0.15) is 0 Å². The molecule has 0 radical (unpaired) electrons. The predicted molar refractivity (Wildman–Crippen MR) is 83.3 cm³/mol. The Bertz CT molecular complexity index is 599. The molecule has 1 aromatic heterocycles. The fourth-order valence-corrected chi connectivity index (χ4v) is 2.61. The number of aromatic nitrogens is 1. The summed E-state index contributed by atoms with van der Waals surface area (Å²) in [5.74, 6) is 1.43. The first-order valence-corrected chi connectivity index (χ1v) is 7.43. The number of anilines is 1. The summed E-state index contributed by atoms with van der Waals surface area (Å²) in [6.45, 7) is 1.99. The molecule has 1 heterocycles. The molecule has 0 fully saturated rings. The highest BCUT2D eigenvalue weighted by Crippen LogP contribution is 2.32. The predicted octanol–water partition coefficient (Wildman–Crippen LogP) is 3.29. The number of nitrogens with one attached hydrogen (secondary N) is 1. The van der Waals surface area contributed by atoms with E-state index in [2.05, 4.69) is 10.3 Å². The number of thiazole rings is 1. The zero-order chi connectivity index (χ0) is 15.2. The maximum atomic E-state index is 12.0. The van der Waals surface area contributed by atoms with E-state index in [0.29, 0.717) is 11.6 Å². The van der Waals surface area contributed by atoms with Gasteiger partial charge in [0.25, 0.3) is 0 Å². The van der Waals surface area contributed by atoms with E-state index in [0.717, 1.165) is 17.1 Å². The Morgan fingerprint density at radius 3 is 2.81 bits per heavy atom. The highest BCUT2D eigenvalue weighted by molar-refractivity contribution is 7.13. The van der Waals surface area contributed by atoms with E-state index in [4.69, 9.17) is 9.47 Å². The number of carbonyl (C=O) groups excluding carboxylic acids is 1. The normalized spacial score (nSPS) is 11.8. The molecule has 5 nitrogen and oxygen atoms in total. The summed E-state index contributed by atoms with van der Waals surface area (Å²) >= 11 is 1.40. The summed E-state index contributed by atoms with van der Waals surface area (Å²) in [6.07, 6.45) is 2.03. The largest absolute Gasteiger partial charge is 0.497 e. The Hall–Kier alpha value is -2.08. The summed E-state index contributed by atoms with van der Waals surface area (Å²) < 4.78 is 10.6. The van der Waals surface area contributed by atoms with Crippen LogP contribution in [0.25, 0.3) is 0 Å². The molecule has 1 amide bonds. The lowest BCUT2D eigenvalue weighted by Crippen LogP contribution is -2.14. The highest BCUT2D eigenvalue weighted by Gasteiger charge is 2.16. The summed E-state index contributed by atoms with van der Waals surface area (Å²) in [4.78, 5) is 16.0. The number of hydrogen-bond acceptors (Lipinski definition) is 5. The molecule has 21 heavy (non-hydrogen) atoms. The zero-order valence-electron chi connectivity index (χ0n) is 12.3. The second kappa shape index (κ2) is 7.08. The van der Waals surface area contributed by atoms with Gasteiger partial charge in [-0.25, -0.2) is 4.98 Å². The van der Waals surface area contributed by atoms with Crippen molar-refractivity contribution in [3.8, 4) is 11.5 Å². The molecular formula is C15H18N2O3S. The third-order valence-electron chi connectivity index (χ3n) is 3.14. The van der Waals surface area contributed by atoms with Crippen LogP contribution in [0.3, 0.4) is 0 Å². The lowest BCUT2D eigenvalue weighted by atomic mass is 9.96. The second-order valence-corrected chi connectivity index (χ2v) is 5.49. The minimum Gasteiger partial charge on any atom is -0.497 e. The Kier molecular flexibility index (Phi) is 5.16. The standard InChI is InChI=1S/C15H18N2O3S/c1-10(8-14(18)17-15-16-6-7-21-15)12-5-4-11(19-2)9-13(12)20-3/h4-7,9-10H,8H2,1-3H3,(H,16,17,18). The van der Waals surface area contributed by atoms with Crippen molar-refractivity contribution in [2.75, 3.05) is 19.5 Å². The average molecular weight is 306 g/mol. The number of rotatable bonds is 6. The molecule has 6 heteroatoms. The summed E-state index contributed by atoms with van der Waals surface area (Å²) in [6, 6.07) is 5.62. The second-order valence-electron chi connectivity index (χ2n) is 4.60. The minimum atomic E-state index is -0.0599. The van der Waals surface area contributed by atoms with Gasteiger partial charge in [0, 0.05) is 24.1 Å². The molecule has 1 atom stereocenters. The first kappa shape index (κ1) is 15.3. The van der Waals surface area contributed by atoms with Crippen molar-refractivity contribution in [2.45, 2.75) is 19.3 Å². The monoisotopic (exact) mass is 306 g/mol. The molecule has 0 saturated heterocycles. The van der Waals surface area contributed by atoms with Crippen LogP contribution in [-0.4, -0.2) is 25.1 Å². The van der Waals surface area contributed by atoms with Crippen LogP contribution in [0.5, 0.6) is 11.5 Å². The van der Waals surface area contributed by atoms with Crippen LogP contribution in [0.2, 0.25) is 0 Å². The molecule has 2 rings (SSSR count). The van der Waals surface area contributed by atoms with Crippen LogP contribution in [0.1, 0.15) is 24.8 Å². The van der Waals surface area contributed by atoms with E-state index in [-0.39, 0.29) is 11.8 Å². The van der Waals surface area contributed by atoms with Gasteiger partial charge in [-0.15, -0.1) is 11.3 Å². The summed E-state index contributed by atoms with van der Waals surface area (Å²) in [5.41, 5.74) is 0.979. The van der Waals surface area contributed by atoms with Gasteiger partial charge in [0.2, 0.25) is 5.91 Å². The van der Waals surface area contributed by atoms with Crippen LogP contribution >= 0.6 is 11.3 Å². The molecule has 0 aliphatic rings. The van der Waals surface area contributed by atoms with Crippen molar-refractivity contribution in [3.05, 3.63) is 35.3 Å². The lowest BCUT2D eigenvalue weighted by molar-refractivity contribution is -0.116. The van der Waals surface area contributed by atoms with Gasteiger partial charge in [0.1, 0.15) is 11.5 Å².